The van der Waals surface area contributed by atoms with Crippen molar-refractivity contribution in [2.75, 3.05) is 19.8 Å². The van der Waals surface area contributed by atoms with E-state index in [0.717, 1.165) is 11.1 Å². The third kappa shape index (κ3) is 2.68. The molecule has 0 fully saturated rings. The third-order valence-corrected chi connectivity index (χ3v) is 4.75. The van der Waals surface area contributed by atoms with Crippen molar-refractivity contribution in [2.45, 2.75) is 19.4 Å². The molecule has 124 valence electrons. The number of rotatable bonds is 6. The number of hydrogen-bond donors (Lipinski definition) is 4. The summed E-state index contributed by atoms with van der Waals surface area (Å²) in [5.41, 5.74) is -0.471. The second kappa shape index (κ2) is 6.81. The molecule has 0 bridgehead atoms. The van der Waals surface area contributed by atoms with Crippen LogP contribution in [0.5, 0.6) is 0 Å². The van der Waals surface area contributed by atoms with Crippen LogP contribution in [0.4, 0.5) is 0 Å². The number of aliphatic hydroxyl groups excluding tert-OH is 3. The summed E-state index contributed by atoms with van der Waals surface area (Å²) in [6.45, 7) is 2.04. The predicted octanol–water partition coefficient (Wildman–Crippen LogP) is 1.50. The van der Waals surface area contributed by atoms with Crippen molar-refractivity contribution in [3.05, 3.63) is 70.8 Å². The summed E-state index contributed by atoms with van der Waals surface area (Å²) in [6, 6.07) is 14.5. The minimum Gasteiger partial charge on any atom is -0.395 e. The first-order valence-electron chi connectivity index (χ1n) is 7.64. The van der Waals surface area contributed by atoms with Crippen molar-refractivity contribution in [3.8, 4) is 0 Å². The summed E-state index contributed by atoms with van der Waals surface area (Å²) in [5.74, 6) is 0. The highest BCUT2D eigenvalue weighted by atomic mass is 16.3. The molecule has 4 heteroatoms. The molecule has 0 spiro atoms. The van der Waals surface area contributed by atoms with Gasteiger partial charge < -0.3 is 20.4 Å². The van der Waals surface area contributed by atoms with Gasteiger partial charge in [0.25, 0.3) is 0 Å². The lowest BCUT2D eigenvalue weighted by Crippen LogP contribution is -2.54. The molecule has 0 aromatic heterocycles. The molecule has 0 aliphatic rings. The van der Waals surface area contributed by atoms with Crippen molar-refractivity contribution in [3.63, 3.8) is 0 Å². The van der Waals surface area contributed by atoms with Gasteiger partial charge in [0.2, 0.25) is 0 Å². The van der Waals surface area contributed by atoms with Gasteiger partial charge in [-0.2, -0.15) is 0 Å². The van der Waals surface area contributed by atoms with Crippen LogP contribution in [-0.2, 0) is 5.60 Å². The molecular weight excluding hydrogens is 292 g/mol. The van der Waals surface area contributed by atoms with Crippen LogP contribution in [0.15, 0.2) is 48.5 Å². The lowest BCUT2D eigenvalue weighted by atomic mass is 9.64. The zero-order valence-electron chi connectivity index (χ0n) is 13.5. The van der Waals surface area contributed by atoms with Crippen molar-refractivity contribution < 1.29 is 20.4 Å². The van der Waals surface area contributed by atoms with Gasteiger partial charge >= 0.3 is 0 Å². The average Bonchev–Trinajstić information content (AvgIpc) is 2.57. The minimum atomic E-state index is -1.72. The molecule has 0 aliphatic carbocycles. The maximum absolute atomic E-state index is 11.7. The number of aryl methyl sites for hydroxylation is 2. The molecule has 0 atom stereocenters. The number of benzene rings is 2. The van der Waals surface area contributed by atoms with E-state index in [9.17, 15) is 20.4 Å². The monoisotopic (exact) mass is 316 g/mol. The van der Waals surface area contributed by atoms with E-state index in [1.807, 2.05) is 38.1 Å². The van der Waals surface area contributed by atoms with E-state index in [-0.39, 0.29) is 0 Å². The topological polar surface area (TPSA) is 80.9 Å². The maximum atomic E-state index is 11.7. The fourth-order valence-electron chi connectivity index (χ4n) is 3.17. The molecule has 4 nitrogen and oxygen atoms in total. The fraction of sp³-hybridized carbons (Fsp3) is 0.368. The number of hydrogen-bond acceptors (Lipinski definition) is 4. The molecule has 0 unspecified atom stereocenters. The Hall–Kier alpha value is -1.72. The molecule has 0 saturated heterocycles. The highest BCUT2D eigenvalue weighted by molar-refractivity contribution is 5.46. The van der Waals surface area contributed by atoms with E-state index in [4.69, 9.17) is 0 Å². The van der Waals surface area contributed by atoms with Gasteiger partial charge in [0.15, 0.2) is 0 Å². The first-order valence-corrected chi connectivity index (χ1v) is 7.64. The van der Waals surface area contributed by atoms with Crippen LogP contribution < -0.4 is 0 Å². The Morgan fingerprint density at radius 1 is 0.696 bits per heavy atom. The van der Waals surface area contributed by atoms with Gasteiger partial charge in [0.05, 0.1) is 25.2 Å². The van der Waals surface area contributed by atoms with Gasteiger partial charge in [-0.1, -0.05) is 48.5 Å². The van der Waals surface area contributed by atoms with Crippen molar-refractivity contribution in [2.24, 2.45) is 5.41 Å². The van der Waals surface area contributed by atoms with E-state index in [2.05, 4.69) is 0 Å². The highest BCUT2D eigenvalue weighted by Gasteiger charge is 2.53. The first-order chi connectivity index (χ1) is 11.0. The van der Waals surface area contributed by atoms with Gasteiger partial charge in [0.1, 0.15) is 5.60 Å². The minimum absolute atomic E-state index is 0.556. The second-order valence-corrected chi connectivity index (χ2v) is 6.09. The zero-order valence-corrected chi connectivity index (χ0v) is 13.5. The largest absolute Gasteiger partial charge is 0.395 e. The van der Waals surface area contributed by atoms with Gasteiger partial charge in [-0.25, -0.2) is 0 Å². The van der Waals surface area contributed by atoms with E-state index in [0.29, 0.717) is 11.1 Å². The Bertz CT molecular complexity index is 608. The van der Waals surface area contributed by atoms with Crippen LogP contribution >= 0.6 is 0 Å². The summed E-state index contributed by atoms with van der Waals surface area (Å²) in [4.78, 5) is 0. The van der Waals surface area contributed by atoms with E-state index < -0.39 is 30.8 Å². The van der Waals surface area contributed by atoms with Crippen LogP contribution in [0.2, 0.25) is 0 Å². The Labute approximate surface area is 136 Å². The number of aliphatic hydroxyl groups is 4. The van der Waals surface area contributed by atoms with Gasteiger partial charge in [-0.05, 0) is 36.1 Å². The zero-order chi connectivity index (χ0) is 17.1. The molecule has 2 aromatic carbocycles. The lowest BCUT2D eigenvalue weighted by molar-refractivity contribution is -0.136. The van der Waals surface area contributed by atoms with Gasteiger partial charge in [0, 0.05) is 0 Å². The summed E-state index contributed by atoms with van der Waals surface area (Å²) in [6.07, 6.45) is 0. The van der Waals surface area contributed by atoms with Crippen molar-refractivity contribution in [1.29, 1.82) is 0 Å². The lowest BCUT2D eigenvalue weighted by Gasteiger charge is -2.46. The standard InChI is InChI=1S/C19H24O4/c1-14-7-3-5-9-16(14)19(23,18(11-20,12-21)13-22)17-10-6-4-8-15(17)2/h3-10,20-23H,11-13H2,1-2H3. The fourth-order valence-corrected chi connectivity index (χ4v) is 3.17. The smallest absolute Gasteiger partial charge is 0.127 e. The SMILES string of the molecule is Cc1ccccc1C(O)(c1ccccc1C)C(CO)(CO)CO. The summed E-state index contributed by atoms with van der Waals surface area (Å²) in [7, 11) is 0. The summed E-state index contributed by atoms with van der Waals surface area (Å²) in [5, 5.41) is 41.6. The van der Waals surface area contributed by atoms with Crippen LogP contribution in [0.1, 0.15) is 22.3 Å². The second-order valence-electron chi connectivity index (χ2n) is 6.09. The molecule has 0 radical (unpaired) electrons. The quantitative estimate of drug-likeness (QED) is 0.651. The van der Waals surface area contributed by atoms with Crippen molar-refractivity contribution >= 4 is 0 Å². The molecule has 4 N–H and O–H groups in total. The van der Waals surface area contributed by atoms with Crippen molar-refractivity contribution in [1.82, 2.24) is 0 Å². The normalized spacial score (nSPS) is 12.4. The maximum Gasteiger partial charge on any atom is 0.127 e. The third-order valence-electron chi connectivity index (χ3n) is 4.75. The Balaban J connectivity index is 2.85. The van der Waals surface area contributed by atoms with Crippen LogP contribution in [-0.4, -0.2) is 40.2 Å². The molecule has 2 rings (SSSR count). The first kappa shape index (κ1) is 17.6. The Morgan fingerprint density at radius 3 is 1.35 bits per heavy atom. The molecule has 0 amide bonds. The molecule has 2 aromatic rings. The molecular formula is C19H24O4. The summed E-state index contributed by atoms with van der Waals surface area (Å²) < 4.78 is 0. The molecule has 0 heterocycles. The van der Waals surface area contributed by atoms with Crippen LogP contribution in [0, 0.1) is 19.3 Å². The van der Waals surface area contributed by atoms with E-state index in [1.165, 1.54) is 0 Å². The predicted molar refractivity (Wildman–Crippen MR) is 89.0 cm³/mol. The highest BCUT2D eigenvalue weighted by Crippen LogP contribution is 2.46. The Morgan fingerprint density at radius 2 is 1.04 bits per heavy atom. The summed E-state index contributed by atoms with van der Waals surface area (Å²) >= 11 is 0. The average molecular weight is 316 g/mol. The molecule has 0 saturated carbocycles. The Kier molecular flexibility index (Phi) is 5.22. The van der Waals surface area contributed by atoms with Crippen LogP contribution in [0.25, 0.3) is 0 Å². The van der Waals surface area contributed by atoms with E-state index >= 15 is 0 Å². The van der Waals surface area contributed by atoms with Gasteiger partial charge in [-0.3, -0.25) is 0 Å². The molecule has 23 heavy (non-hydrogen) atoms. The molecule has 0 aliphatic heterocycles. The van der Waals surface area contributed by atoms with Gasteiger partial charge in [-0.15, -0.1) is 0 Å². The van der Waals surface area contributed by atoms with E-state index in [1.54, 1.807) is 24.3 Å². The van der Waals surface area contributed by atoms with Crippen LogP contribution in [0.3, 0.4) is 0 Å².